The Morgan fingerprint density at radius 3 is 2.27 bits per heavy atom. The summed E-state index contributed by atoms with van der Waals surface area (Å²) in [5.74, 6) is -5.14. The number of imide groups is 1. The van der Waals surface area contributed by atoms with Gasteiger partial charge in [-0.15, -0.1) is 0 Å². The highest BCUT2D eigenvalue weighted by molar-refractivity contribution is 6.25. The van der Waals surface area contributed by atoms with Gasteiger partial charge in [0.05, 0.1) is 34.5 Å². The van der Waals surface area contributed by atoms with E-state index < -0.39 is 56.7 Å². The molecule has 2 aromatic carbocycles. The average molecular weight is 655 g/mol. The van der Waals surface area contributed by atoms with Gasteiger partial charge in [0.25, 0.3) is 0 Å². The molecule has 1 saturated heterocycles. The molecule has 14 heteroatoms. The number of ether oxygens (including phenoxy) is 1. The number of methoxy groups -OCH3 is 1. The smallest absolute Gasteiger partial charge is 0.301 e. The highest BCUT2D eigenvalue weighted by Gasteiger charge is 2.56. The van der Waals surface area contributed by atoms with Crippen LogP contribution in [0.3, 0.4) is 0 Å². The number of Topliss-reactive ketones (excluding diaryl/α,β-unsaturated/α-hetero) is 1. The van der Waals surface area contributed by atoms with Crippen molar-refractivity contribution >= 4 is 52.2 Å². The molecule has 0 unspecified atom stereocenters. The Bertz CT molecular complexity index is 1950. The zero-order valence-corrected chi connectivity index (χ0v) is 26.3. The van der Waals surface area contributed by atoms with E-state index in [0.29, 0.717) is 16.7 Å². The number of hydrogen-bond donors (Lipinski definition) is 1. The lowest BCUT2D eigenvalue weighted by molar-refractivity contribution is -0.392. The second kappa shape index (κ2) is 11.7. The number of fused-ring (bicyclic) bond motifs is 3. The van der Waals surface area contributed by atoms with E-state index in [9.17, 15) is 44.5 Å². The summed E-state index contributed by atoms with van der Waals surface area (Å²) < 4.78 is 5.21. The molecule has 0 aromatic heterocycles. The summed E-state index contributed by atoms with van der Waals surface area (Å²) in [6, 6.07) is 6.67. The number of nitro groups is 2. The molecule has 4 atom stereocenters. The van der Waals surface area contributed by atoms with E-state index in [4.69, 9.17) is 4.74 Å². The van der Waals surface area contributed by atoms with Crippen LogP contribution in [0.15, 0.2) is 70.9 Å². The summed E-state index contributed by atoms with van der Waals surface area (Å²) in [5, 5.41) is 34.0. The third-order valence-corrected chi connectivity index (χ3v) is 9.45. The molecule has 4 aliphatic rings. The van der Waals surface area contributed by atoms with Gasteiger partial charge in [0.15, 0.2) is 28.8 Å². The summed E-state index contributed by atoms with van der Waals surface area (Å²) in [6.07, 6.45) is 6.66. The van der Waals surface area contributed by atoms with Gasteiger partial charge in [0, 0.05) is 48.9 Å². The van der Waals surface area contributed by atoms with Gasteiger partial charge in [0.2, 0.25) is 11.8 Å². The maximum atomic E-state index is 14.2. The third kappa shape index (κ3) is 4.96. The van der Waals surface area contributed by atoms with Crippen LogP contribution in [0.4, 0.5) is 22.7 Å². The number of nitro benzene ring substituents is 2. The minimum Gasteiger partial charge on any atom is -0.504 e. The zero-order valence-electron chi connectivity index (χ0n) is 26.3. The predicted molar refractivity (Wildman–Crippen MR) is 172 cm³/mol. The number of phenols is 1. The first-order valence-electron chi connectivity index (χ1n) is 15.0. The fourth-order valence-corrected chi connectivity index (χ4v) is 7.35. The summed E-state index contributed by atoms with van der Waals surface area (Å²) in [6.45, 7) is 1.56. The molecule has 0 spiro atoms. The summed E-state index contributed by atoms with van der Waals surface area (Å²) in [7, 11) is 4.23. The third-order valence-electron chi connectivity index (χ3n) is 9.45. The Morgan fingerprint density at radius 2 is 1.67 bits per heavy atom. The van der Waals surface area contributed by atoms with Crippen LogP contribution in [-0.2, 0) is 19.2 Å². The number of nitrogens with zero attached hydrogens (tertiary/aromatic N) is 4. The molecule has 6 rings (SSSR count). The molecule has 246 valence electrons. The van der Waals surface area contributed by atoms with Gasteiger partial charge in [-0.3, -0.25) is 39.4 Å². The van der Waals surface area contributed by atoms with Crippen LogP contribution in [-0.4, -0.2) is 59.5 Å². The molecule has 48 heavy (non-hydrogen) atoms. The normalized spacial score (nSPS) is 23.5. The molecule has 0 saturated carbocycles. The second-order valence-corrected chi connectivity index (χ2v) is 12.3. The number of carbonyl (C=O) groups excluding carboxylic acids is 4. The number of anilines is 2. The topological polar surface area (TPSA) is 190 Å². The van der Waals surface area contributed by atoms with Gasteiger partial charge in [-0.05, 0) is 49.5 Å². The van der Waals surface area contributed by atoms with E-state index >= 15 is 0 Å². The lowest BCUT2D eigenvalue weighted by atomic mass is 9.60. The van der Waals surface area contributed by atoms with E-state index in [1.54, 1.807) is 31.2 Å². The molecule has 0 radical (unpaired) electrons. The predicted octanol–water partition coefficient (Wildman–Crippen LogP) is 4.46. The van der Waals surface area contributed by atoms with Crippen molar-refractivity contribution < 1.29 is 38.9 Å². The fourth-order valence-electron chi connectivity index (χ4n) is 7.35. The molecule has 1 heterocycles. The number of phenolic OH excluding ortho intramolecular Hbond substituents is 1. The first-order valence-corrected chi connectivity index (χ1v) is 15.0. The van der Waals surface area contributed by atoms with Crippen LogP contribution < -0.4 is 14.5 Å². The summed E-state index contributed by atoms with van der Waals surface area (Å²) in [4.78, 5) is 79.4. The molecule has 2 amide bonds. The largest absolute Gasteiger partial charge is 0.504 e. The van der Waals surface area contributed by atoms with E-state index in [1.165, 1.54) is 38.2 Å². The SMILES string of the molecule is COc1cc(C=C[C@H]2C3=CC[C@@H]4C(=O)N(c5cc([N+](=O)[O-])c(N(C)C)c([N+](=O)[O-])c5)C(=O)[C@@H]4[C@@H]3CC3=C2C(=O)C(C)=CC3=O)ccc1O. The minimum atomic E-state index is -0.988. The lowest BCUT2D eigenvalue weighted by Gasteiger charge is -2.41. The Labute approximate surface area is 273 Å². The monoisotopic (exact) mass is 654 g/mol. The van der Waals surface area contributed by atoms with Crippen LogP contribution >= 0.6 is 0 Å². The highest BCUT2D eigenvalue weighted by Crippen LogP contribution is 2.54. The standard InChI is InChI=1S/C34H30N4O10/c1-16-11-27(40)23-15-22-19(20(29(23)32(16)41)7-5-17-6-10-26(39)28(12-17)48-4)8-9-21-30(22)34(43)36(33(21)42)18-13-24(37(44)45)31(35(2)3)25(14-18)38(46)47/h5-8,10-14,20-22,30,39H,9,15H2,1-4H3/t20-,21-,22+,30-/m0/s1. The number of aromatic hydroxyl groups is 1. The number of carbonyl (C=O) groups is 4. The molecule has 2 aromatic rings. The van der Waals surface area contributed by atoms with Crippen molar-refractivity contribution in [3.05, 3.63) is 96.6 Å². The van der Waals surface area contributed by atoms with Crippen molar-refractivity contribution in [2.45, 2.75) is 19.8 Å². The van der Waals surface area contributed by atoms with Crippen LogP contribution in [0.25, 0.3) is 6.08 Å². The van der Waals surface area contributed by atoms with Gasteiger partial charge in [-0.2, -0.15) is 0 Å². The minimum absolute atomic E-state index is 0.0147. The average Bonchev–Trinajstić information content (AvgIpc) is 3.30. The van der Waals surface area contributed by atoms with Gasteiger partial charge in [-0.25, -0.2) is 4.90 Å². The zero-order chi connectivity index (χ0) is 34.8. The van der Waals surface area contributed by atoms with E-state index in [1.807, 2.05) is 6.08 Å². The number of allylic oxidation sites excluding steroid dienone is 7. The van der Waals surface area contributed by atoms with E-state index in [2.05, 4.69) is 0 Å². The lowest BCUT2D eigenvalue weighted by Crippen LogP contribution is -2.40. The second-order valence-electron chi connectivity index (χ2n) is 12.3. The molecule has 1 fully saturated rings. The van der Waals surface area contributed by atoms with Crippen LogP contribution in [0, 0.1) is 43.9 Å². The Balaban J connectivity index is 1.44. The molecular weight excluding hydrogens is 624 g/mol. The van der Waals surface area contributed by atoms with Gasteiger partial charge < -0.3 is 14.7 Å². The van der Waals surface area contributed by atoms with Crippen LogP contribution in [0.2, 0.25) is 0 Å². The number of amides is 2. The van der Waals surface area contributed by atoms with Gasteiger partial charge in [0.1, 0.15) is 0 Å². The van der Waals surface area contributed by atoms with Crippen molar-refractivity contribution in [2.75, 3.05) is 31.0 Å². The fraction of sp³-hybridized carbons (Fsp3) is 0.294. The molecule has 3 aliphatic carbocycles. The van der Waals surface area contributed by atoms with Crippen molar-refractivity contribution in [3.8, 4) is 11.5 Å². The summed E-state index contributed by atoms with van der Waals surface area (Å²) >= 11 is 0. The summed E-state index contributed by atoms with van der Waals surface area (Å²) in [5.41, 5.74) is 0.258. The number of rotatable bonds is 7. The molecule has 0 bridgehead atoms. The van der Waals surface area contributed by atoms with Crippen molar-refractivity contribution in [2.24, 2.45) is 23.7 Å². The van der Waals surface area contributed by atoms with Crippen LogP contribution in [0.1, 0.15) is 25.3 Å². The maximum absolute atomic E-state index is 14.2. The number of ketones is 2. The Morgan fingerprint density at radius 1 is 1.00 bits per heavy atom. The molecule has 1 N–H and O–H groups in total. The first kappa shape index (κ1) is 32.0. The molecular formula is C34H30N4O10. The van der Waals surface area contributed by atoms with Crippen molar-refractivity contribution in [1.82, 2.24) is 0 Å². The highest BCUT2D eigenvalue weighted by atomic mass is 16.6. The maximum Gasteiger partial charge on any atom is 0.301 e. The first-order chi connectivity index (χ1) is 22.7. The Hall–Kier alpha value is -5.92. The van der Waals surface area contributed by atoms with Crippen molar-refractivity contribution in [3.63, 3.8) is 0 Å². The van der Waals surface area contributed by atoms with Gasteiger partial charge >= 0.3 is 11.4 Å². The Kier molecular flexibility index (Phi) is 7.81. The van der Waals surface area contributed by atoms with E-state index in [0.717, 1.165) is 17.0 Å². The van der Waals surface area contributed by atoms with Gasteiger partial charge in [-0.1, -0.05) is 29.9 Å². The number of hydrogen-bond acceptors (Lipinski definition) is 11. The van der Waals surface area contributed by atoms with Crippen LogP contribution in [0.5, 0.6) is 11.5 Å². The molecule has 14 nitrogen and oxygen atoms in total. The van der Waals surface area contributed by atoms with E-state index in [-0.39, 0.29) is 58.4 Å². The number of benzene rings is 2. The van der Waals surface area contributed by atoms with Crippen molar-refractivity contribution in [1.29, 1.82) is 0 Å². The molecule has 1 aliphatic heterocycles. The quantitative estimate of drug-likeness (QED) is 0.146.